The average molecular weight is 196 g/mol. The molecule has 1 rings (SSSR count). The van der Waals surface area contributed by atoms with Crippen LogP contribution in [0.2, 0.25) is 0 Å². The summed E-state index contributed by atoms with van der Waals surface area (Å²) in [6.45, 7) is 1.60. The van der Waals surface area contributed by atoms with Gasteiger partial charge in [-0.2, -0.15) is 0 Å². The maximum absolute atomic E-state index is 12.8. The van der Waals surface area contributed by atoms with Crippen molar-refractivity contribution in [2.45, 2.75) is 13.0 Å². The smallest absolute Gasteiger partial charge is 0.243 e. The Hall–Kier alpha value is -1.42. The number of hydrogen-bond acceptors (Lipinski definition) is 2. The average Bonchev–Trinajstić information content (AvgIpc) is 2.15. The second-order valence-electron chi connectivity index (χ2n) is 3.17. The first-order valence-electron chi connectivity index (χ1n) is 4.31. The van der Waals surface area contributed by atoms with Crippen LogP contribution in [0.25, 0.3) is 0 Å². The summed E-state index contributed by atoms with van der Waals surface area (Å²) in [6, 6.07) is 5.25. The van der Waals surface area contributed by atoms with Crippen molar-refractivity contribution in [2.75, 3.05) is 11.9 Å². The number of carbonyl (C=O) groups is 1. The second-order valence-corrected chi connectivity index (χ2v) is 3.17. The van der Waals surface area contributed by atoms with Gasteiger partial charge >= 0.3 is 0 Å². The van der Waals surface area contributed by atoms with E-state index >= 15 is 0 Å². The SMILES string of the molecule is CC(N)C(=O)N(C)c1cccc(F)c1. The number of halogens is 1. The van der Waals surface area contributed by atoms with E-state index in [4.69, 9.17) is 5.73 Å². The summed E-state index contributed by atoms with van der Waals surface area (Å²) in [7, 11) is 1.57. The van der Waals surface area contributed by atoms with Gasteiger partial charge in [0.05, 0.1) is 6.04 Å². The highest BCUT2D eigenvalue weighted by Gasteiger charge is 2.14. The number of rotatable bonds is 2. The Bertz CT molecular complexity index is 339. The van der Waals surface area contributed by atoms with E-state index in [0.29, 0.717) is 5.69 Å². The minimum atomic E-state index is -0.580. The van der Waals surface area contributed by atoms with Crippen molar-refractivity contribution in [1.82, 2.24) is 0 Å². The molecule has 76 valence electrons. The Balaban J connectivity index is 2.89. The van der Waals surface area contributed by atoms with Crippen LogP contribution in [0.4, 0.5) is 10.1 Å². The van der Waals surface area contributed by atoms with E-state index < -0.39 is 6.04 Å². The number of anilines is 1. The molecule has 1 aromatic carbocycles. The standard InChI is InChI=1S/C10H13FN2O/c1-7(12)10(14)13(2)9-5-3-4-8(11)6-9/h3-7H,12H2,1-2H3. The molecule has 0 fully saturated rings. The quantitative estimate of drug-likeness (QED) is 0.770. The van der Waals surface area contributed by atoms with Crippen molar-refractivity contribution in [1.29, 1.82) is 0 Å². The molecule has 0 heterocycles. The van der Waals surface area contributed by atoms with Gasteiger partial charge in [-0.25, -0.2) is 4.39 Å². The number of nitrogens with zero attached hydrogens (tertiary/aromatic N) is 1. The van der Waals surface area contributed by atoms with E-state index in [0.717, 1.165) is 0 Å². The van der Waals surface area contributed by atoms with Gasteiger partial charge < -0.3 is 10.6 Å². The van der Waals surface area contributed by atoms with Crippen molar-refractivity contribution in [3.05, 3.63) is 30.1 Å². The topological polar surface area (TPSA) is 46.3 Å². The van der Waals surface area contributed by atoms with Gasteiger partial charge in [-0.3, -0.25) is 4.79 Å². The van der Waals surface area contributed by atoms with Gasteiger partial charge in [0, 0.05) is 12.7 Å². The van der Waals surface area contributed by atoms with E-state index in [1.54, 1.807) is 26.1 Å². The number of hydrogen-bond donors (Lipinski definition) is 1. The maximum Gasteiger partial charge on any atom is 0.243 e. The molecule has 0 aliphatic heterocycles. The zero-order chi connectivity index (χ0) is 10.7. The molecule has 1 aromatic rings. The fraction of sp³-hybridized carbons (Fsp3) is 0.300. The molecule has 0 saturated heterocycles. The molecule has 0 radical (unpaired) electrons. The molecule has 0 bridgehead atoms. The van der Waals surface area contributed by atoms with Gasteiger partial charge in [0.2, 0.25) is 5.91 Å². The molecule has 0 aliphatic carbocycles. The van der Waals surface area contributed by atoms with Crippen LogP contribution in [-0.2, 0) is 4.79 Å². The van der Waals surface area contributed by atoms with Gasteiger partial charge in [0.25, 0.3) is 0 Å². The third kappa shape index (κ3) is 2.29. The van der Waals surface area contributed by atoms with Crippen LogP contribution in [0.15, 0.2) is 24.3 Å². The summed E-state index contributed by atoms with van der Waals surface area (Å²) in [5.41, 5.74) is 5.93. The summed E-state index contributed by atoms with van der Waals surface area (Å²) in [5.74, 6) is -0.609. The molecule has 2 N–H and O–H groups in total. The highest BCUT2D eigenvalue weighted by atomic mass is 19.1. The number of benzene rings is 1. The fourth-order valence-electron chi connectivity index (χ4n) is 1.12. The van der Waals surface area contributed by atoms with Crippen LogP contribution in [-0.4, -0.2) is 19.0 Å². The van der Waals surface area contributed by atoms with Crippen molar-refractivity contribution in [3.63, 3.8) is 0 Å². The molecule has 1 atom stereocenters. The monoisotopic (exact) mass is 196 g/mol. The Morgan fingerprint density at radius 2 is 2.21 bits per heavy atom. The minimum absolute atomic E-state index is 0.240. The molecule has 0 saturated carbocycles. The highest BCUT2D eigenvalue weighted by Crippen LogP contribution is 2.14. The first kappa shape index (κ1) is 10.7. The normalized spacial score (nSPS) is 12.3. The predicted octanol–water partition coefficient (Wildman–Crippen LogP) is 1.14. The number of likely N-dealkylation sites (N-methyl/N-ethyl adjacent to an activating group) is 1. The molecule has 0 aromatic heterocycles. The summed E-state index contributed by atoms with van der Waals surface area (Å²) in [6.07, 6.45) is 0. The van der Waals surface area contributed by atoms with E-state index in [9.17, 15) is 9.18 Å². The van der Waals surface area contributed by atoms with Crippen LogP contribution in [0.5, 0.6) is 0 Å². The van der Waals surface area contributed by atoms with Gasteiger partial charge in [-0.05, 0) is 25.1 Å². The third-order valence-electron chi connectivity index (χ3n) is 1.92. The summed E-state index contributed by atoms with van der Waals surface area (Å²) >= 11 is 0. The van der Waals surface area contributed by atoms with Gasteiger partial charge in [-0.15, -0.1) is 0 Å². The molecular weight excluding hydrogens is 183 g/mol. The van der Waals surface area contributed by atoms with E-state index in [-0.39, 0.29) is 11.7 Å². The summed E-state index contributed by atoms with van der Waals surface area (Å²) in [5, 5.41) is 0. The lowest BCUT2D eigenvalue weighted by molar-refractivity contribution is -0.119. The number of carbonyl (C=O) groups excluding carboxylic acids is 1. The minimum Gasteiger partial charge on any atom is -0.320 e. The van der Waals surface area contributed by atoms with Gasteiger partial charge in [0.15, 0.2) is 0 Å². The molecular formula is C10H13FN2O. The van der Waals surface area contributed by atoms with Crippen LogP contribution < -0.4 is 10.6 Å². The van der Waals surface area contributed by atoms with Crippen molar-refractivity contribution >= 4 is 11.6 Å². The lowest BCUT2D eigenvalue weighted by Crippen LogP contribution is -2.39. The fourth-order valence-corrected chi connectivity index (χ4v) is 1.12. The zero-order valence-electron chi connectivity index (χ0n) is 8.20. The maximum atomic E-state index is 12.8. The first-order valence-corrected chi connectivity index (χ1v) is 4.31. The Morgan fingerprint density at radius 1 is 1.57 bits per heavy atom. The Morgan fingerprint density at radius 3 is 2.71 bits per heavy atom. The van der Waals surface area contributed by atoms with Crippen LogP contribution in [0, 0.1) is 5.82 Å². The van der Waals surface area contributed by atoms with E-state index in [1.807, 2.05) is 0 Å². The van der Waals surface area contributed by atoms with Crippen LogP contribution in [0.1, 0.15) is 6.92 Å². The second kappa shape index (κ2) is 4.19. The lowest BCUT2D eigenvalue weighted by Gasteiger charge is -2.19. The zero-order valence-corrected chi connectivity index (χ0v) is 8.20. The molecule has 0 spiro atoms. The van der Waals surface area contributed by atoms with Crippen molar-refractivity contribution in [3.8, 4) is 0 Å². The number of amides is 1. The van der Waals surface area contributed by atoms with Gasteiger partial charge in [0.1, 0.15) is 5.82 Å². The summed E-state index contributed by atoms with van der Waals surface area (Å²) in [4.78, 5) is 12.8. The highest BCUT2D eigenvalue weighted by molar-refractivity contribution is 5.96. The van der Waals surface area contributed by atoms with Crippen molar-refractivity contribution < 1.29 is 9.18 Å². The predicted molar refractivity (Wildman–Crippen MR) is 53.5 cm³/mol. The lowest BCUT2D eigenvalue weighted by atomic mass is 10.2. The molecule has 1 amide bonds. The van der Waals surface area contributed by atoms with E-state index in [2.05, 4.69) is 0 Å². The molecule has 14 heavy (non-hydrogen) atoms. The molecule has 0 aliphatic rings. The first-order chi connectivity index (χ1) is 6.52. The largest absolute Gasteiger partial charge is 0.320 e. The Labute approximate surface area is 82.3 Å². The van der Waals surface area contributed by atoms with Crippen LogP contribution >= 0.6 is 0 Å². The van der Waals surface area contributed by atoms with Gasteiger partial charge in [-0.1, -0.05) is 6.07 Å². The Kier molecular flexibility index (Phi) is 3.19. The molecule has 4 heteroatoms. The van der Waals surface area contributed by atoms with Crippen LogP contribution in [0.3, 0.4) is 0 Å². The number of nitrogens with two attached hydrogens (primary N) is 1. The third-order valence-corrected chi connectivity index (χ3v) is 1.92. The van der Waals surface area contributed by atoms with Crippen molar-refractivity contribution in [2.24, 2.45) is 5.73 Å². The molecule has 1 unspecified atom stereocenters. The summed E-state index contributed by atoms with van der Waals surface area (Å²) < 4.78 is 12.8. The van der Waals surface area contributed by atoms with E-state index in [1.165, 1.54) is 17.0 Å². The molecule has 3 nitrogen and oxygen atoms in total.